The Labute approximate surface area is 90.1 Å². The molecule has 3 heteroatoms. The molecule has 0 saturated carbocycles. The molecular formula is C12H17NO2. The standard InChI is InChI=1S/C12H17NO2/c1-4-11(13-12(14)15)10-6-5-8(2)9(3)7-10/h5-7,11,13H,4H2,1-3H3,(H,14,15). The number of hydrogen-bond donors (Lipinski definition) is 2. The van der Waals surface area contributed by atoms with E-state index in [2.05, 4.69) is 5.32 Å². The van der Waals surface area contributed by atoms with Crippen LogP contribution in [-0.4, -0.2) is 11.2 Å². The summed E-state index contributed by atoms with van der Waals surface area (Å²) in [5, 5.41) is 11.2. The van der Waals surface area contributed by atoms with Crippen LogP contribution >= 0.6 is 0 Å². The Morgan fingerprint density at radius 1 is 1.40 bits per heavy atom. The highest BCUT2D eigenvalue weighted by Crippen LogP contribution is 2.19. The van der Waals surface area contributed by atoms with Crippen molar-refractivity contribution in [1.82, 2.24) is 5.32 Å². The van der Waals surface area contributed by atoms with Gasteiger partial charge in [-0.15, -0.1) is 0 Å². The van der Waals surface area contributed by atoms with Crippen molar-refractivity contribution in [3.8, 4) is 0 Å². The number of hydrogen-bond acceptors (Lipinski definition) is 1. The van der Waals surface area contributed by atoms with Gasteiger partial charge in [0.15, 0.2) is 0 Å². The average molecular weight is 207 g/mol. The van der Waals surface area contributed by atoms with Crippen LogP contribution in [0, 0.1) is 13.8 Å². The van der Waals surface area contributed by atoms with Crippen molar-refractivity contribution < 1.29 is 9.90 Å². The molecule has 1 atom stereocenters. The van der Waals surface area contributed by atoms with Crippen molar-refractivity contribution in [3.63, 3.8) is 0 Å². The highest BCUT2D eigenvalue weighted by Gasteiger charge is 2.11. The molecule has 0 aliphatic heterocycles. The third-order valence-corrected chi connectivity index (χ3v) is 2.64. The van der Waals surface area contributed by atoms with Gasteiger partial charge in [-0.2, -0.15) is 0 Å². The van der Waals surface area contributed by atoms with E-state index < -0.39 is 6.09 Å². The SMILES string of the molecule is CCC(NC(=O)O)c1ccc(C)c(C)c1. The molecule has 0 aliphatic rings. The van der Waals surface area contributed by atoms with E-state index in [1.807, 2.05) is 39.0 Å². The molecule has 0 saturated heterocycles. The number of aryl methyl sites for hydroxylation is 2. The number of rotatable bonds is 3. The molecule has 2 N–H and O–H groups in total. The summed E-state index contributed by atoms with van der Waals surface area (Å²) >= 11 is 0. The van der Waals surface area contributed by atoms with Crippen molar-refractivity contribution in [1.29, 1.82) is 0 Å². The Hall–Kier alpha value is -1.51. The lowest BCUT2D eigenvalue weighted by Gasteiger charge is -2.16. The minimum atomic E-state index is -0.972. The maximum absolute atomic E-state index is 10.6. The van der Waals surface area contributed by atoms with Crippen molar-refractivity contribution in [2.24, 2.45) is 0 Å². The van der Waals surface area contributed by atoms with Gasteiger partial charge in [0.25, 0.3) is 0 Å². The van der Waals surface area contributed by atoms with Gasteiger partial charge in [-0.3, -0.25) is 0 Å². The second kappa shape index (κ2) is 4.82. The predicted molar refractivity (Wildman–Crippen MR) is 60.1 cm³/mol. The molecule has 0 aliphatic carbocycles. The number of amides is 1. The molecule has 0 aromatic heterocycles. The Bertz CT molecular complexity index is 361. The number of carboxylic acid groups (broad SMARTS) is 1. The first-order valence-electron chi connectivity index (χ1n) is 5.11. The zero-order valence-electron chi connectivity index (χ0n) is 9.37. The molecular weight excluding hydrogens is 190 g/mol. The fourth-order valence-electron chi connectivity index (χ4n) is 1.55. The fourth-order valence-corrected chi connectivity index (χ4v) is 1.55. The predicted octanol–water partition coefficient (Wildman–Crippen LogP) is 3.02. The van der Waals surface area contributed by atoms with Gasteiger partial charge in [-0.25, -0.2) is 4.79 Å². The molecule has 1 aromatic rings. The number of carbonyl (C=O) groups is 1. The van der Waals surface area contributed by atoms with E-state index in [1.165, 1.54) is 11.1 Å². The lowest BCUT2D eigenvalue weighted by atomic mass is 10.00. The molecule has 1 rings (SSSR count). The third kappa shape index (κ3) is 2.98. The maximum Gasteiger partial charge on any atom is 0.405 e. The van der Waals surface area contributed by atoms with Crippen LogP contribution in [0.3, 0.4) is 0 Å². The summed E-state index contributed by atoms with van der Waals surface area (Å²) in [6.45, 7) is 6.05. The van der Waals surface area contributed by atoms with Crippen LogP contribution in [0.1, 0.15) is 36.1 Å². The van der Waals surface area contributed by atoms with Crippen LogP contribution in [0.25, 0.3) is 0 Å². The second-order valence-corrected chi connectivity index (χ2v) is 3.75. The summed E-state index contributed by atoms with van der Waals surface area (Å²) in [6.07, 6.45) is -0.213. The minimum absolute atomic E-state index is 0.109. The quantitative estimate of drug-likeness (QED) is 0.800. The van der Waals surface area contributed by atoms with E-state index in [-0.39, 0.29) is 6.04 Å². The average Bonchev–Trinajstić information content (AvgIpc) is 2.18. The molecule has 15 heavy (non-hydrogen) atoms. The topological polar surface area (TPSA) is 49.3 Å². The molecule has 0 radical (unpaired) electrons. The Morgan fingerprint density at radius 3 is 2.53 bits per heavy atom. The van der Waals surface area contributed by atoms with Gasteiger partial charge in [0.2, 0.25) is 0 Å². The van der Waals surface area contributed by atoms with Crippen molar-refractivity contribution >= 4 is 6.09 Å². The number of benzene rings is 1. The fraction of sp³-hybridized carbons (Fsp3) is 0.417. The third-order valence-electron chi connectivity index (χ3n) is 2.64. The lowest BCUT2D eigenvalue weighted by Crippen LogP contribution is -2.26. The highest BCUT2D eigenvalue weighted by atomic mass is 16.4. The number of nitrogens with one attached hydrogen (secondary N) is 1. The first-order chi connectivity index (χ1) is 7.04. The van der Waals surface area contributed by atoms with Crippen molar-refractivity contribution in [2.75, 3.05) is 0 Å². The van der Waals surface area contributed by atoms with Gasteiger partial charge in [-0.05, 0) is 37.0 Å². The summed E-state index contributed by atoms with van der Waals surface area (Å²) in [7, 11) is 0. The molecule has 82 valence electrons. The van der Waals surface area contributed by atoms with Crippen molar-refractivity contribution in [2.45, 2.75) is 33.2 Å². The van der Waals surface area contributed by atoms with Crippen LogP contribution < -0.4 is 5.32 Å². The summed E-state index contributed by atoms with van der Waals surface area (Å²) < 4.78 is 0. The summed E-state index contributed by atoms with van der Waals surface area (Å²) in [5.74, 6) is 0. The summed E-state index contributed by atoms with van der Waals surface area (Å²) in [5.41, 5.74) is 3.45. The van der Waals surface area contributed by atoms with Crippen LogP contribution in [0.2, 0.25) is 0 Å². The van der Waals surface area contributed by atoms with E-state index in [1.54, 1.807) is 0 Å². The molecule has 1 amide bonds. The van der Waals surface area contributed by atoms with Crippen LogP contribution in [0.4, 0.5) is 4.79 Å². The Morgan fingerprint density at radius 2 is 2.07 bits per heavy atom. The van der Waals surface area contributed by atoms with E-state index in [4.69, 9.17) is 5.11 Å². The summed E-state index contributed by atoms with van der Waals surface area (Å²) in [4.78, 5) is 10.6. The maximum atomic E-state index is 10.6. The van der Waals surface area contributed by atoms with E-state index >= 15 is 0 Å². The van der Waals surface area contributed by atoms with Gasteiger partial charge < -0.3 is 10.4 Å². The van der Waals surface area contributed by atoms with Crippen LogP contribution in [0.5, 0.6) is 0 Å². The molecule has 1 unspecified atom stereocenters. The van der Waals surface area contributed by atoms with Crippen molar-refractivity contribution in [3.05, 3.63) is 34.9 Å². The molecule has 0 fully saturated rings. The van der Waals surface area contributed by atoms with Gasteiger partial charge in [-0.1, -0.05) is 25.1 Å². The molecule has 0 heterocycles. The second-order valence-electron chi connectivity index (χ2n) is 3.75. The van der Waals surface area contributed by atoms with E-state index in [0.29, 0.717) is 0 Å². The molecule has 0 bridgehead atoms. The Balaban J connectivity index is 2.92. The van der Waals surface area contributed by atoms with E-state index in [9.17, 15) is 4.79 Å². The van der Waals surface area contributed by atoms with Gasteiger partial charge in [0, 0.05) is 0 Å². The van der Waals surface area contributed by atoms with Crippen LogP contribution in [0.15, 0.2) is 18.2 Å². The molecule has 0 spiro atoms. The monoisotopic (exact) mass is 207 g/mol. The first-order valence-corrected chi connectivity index (χ1v) is 5.11. The lowest BCUT2D eigenvalue weighted by molar-refractivity contribution is 0.189. The normalized spacial score (nSPS) is 12.2. The smallest absolute Gasteiger partial charge is 0.405 e. The zero-order valence-corrected chi connectivity index (χ0v) is 9.37. The summed E-state index contributed by atoms with van der Waals surface area (Å²) in [6, 6.07) is 5.93. The van der Waals surface area contributed by atoms with Crippen LogP contribution in [-0.2, 0) is 0 Å². The zero-order chi connectivity index (χ0) is 11.4. The first kappa shape index (κ1) is 11.6. The molecule has 3 nitrogen and oxygen atoms in total. The highest BCUT2D eigenvalue weighted by molar-refractivity contribution is 5.65. The van der Waals surface area contributed by atoms with Gasteiger partial charge >= 0.3 is 6.09 Å². The largest absolute Gasteiger partial charge is 0.465 e. The minimum Gasteiger partial charge on any atom is -0.465 e. The van der Waals surface area contributed by atoms with Gasteiger partial charge in [0.1, 0.15) is 0 Å². The Kier molecular flexibility index (Phi) is 3.72. The van der Waals surface area contributed by atoms with E-state index in [0.717, 1.165) is 12.0 Å². The van der Waals surface area contributed by atoms with Gasteiger partial charge in [0.05, 0.1) is 6.04 Å². The molecule has 1 aromatic carbocycles.